The van der Waals surface area contributed by atoms with Crippen LogP contribution in [0.15, 0.2) is 70.6 Å². The minimum atomic E-state index is -0.308. The normalized spacial score (nSPS) is 13.8. The lowest BCUT2D eigenvalue weighted by Gasteiger charge is -2.26. The number of aryl methyl sites for hydroxylation is 2. The summed E-state index contributed by atoms with van der Waals surface area (Å²) in [5.74, 6) is 0.0272. The molecule has 5 rings (SSSR count). The molecule has 3 aromatic carbocycles. The highest BCUT2D eigenvalue weighted by Crippen LogP contribution is 2.26. The van der Waals surface area contributed by atoms with Gasteiger partial charge in [0.2, 0.25) is 0 Å². The number of halogens is 1. The molecule has 2 heterocycles. The zero-order chi connectivity index (χ0) is 25.2. The Morgan fingerprint density at radius 2 is 1.78 bits per heavy atom. The van der Waals surface area contributed by atoms with Gasteiger partial charge >= 0.3 is 0 Å². The first-order valence-electron chi connectivity index (χ1n) is 11.8. The lowest BCUT2D eigenvalue weighted by atomic mass is 10.1. The van der Waals surface area contributed by atoms with Gasteiger partial charge in [-0.15, -0.1) is 0 Å². The summed E-state index contributed by atoms with van der Waals surface area (Å²) in [6.45, 7) is 6.07. The highest BCUT2D eigenvalue weighted by molar-refractivity contribution is 7.98. The van der Waals surface area contributed by atoms with Crippen LogP contribution in [0.5, 0.6) is 0 Å². The van der Waals surface area contributed by atoms with Crippen molar-refractivity contribution in [3.63, 3.8) is 0 Å². The van der Waals surface area contributed by atoms with E-state index in [-0.39, 0.29) is 17.3 Å². The standard InChI is InChI=1S/C28H26FN3O3S/c1-18-12-19(2)14-23(13-18)32-27(34)24-7-6-21(26(33)31-8-10-35-11-9-31)16-25(24)30-28(32)36-17-20-4-3-5-22(29)15-20/h3-7,12-16H,8-11,17H2,1-2H3. The van der Waals surface area contributed by atoms with Crippen LogP contribution in [0.4, 0.5) is 4.39 Å². The molecule has 6 nitrogen and oxygen atoms in total. The number of hydrogen-bond acceptors (Lipinski definition) is 5. The van der Waals surface area contributed by atoms with Gasteiger partial charge in [-0.2, -0.15) is 0 Å². The second-order valence-electron chi connectivity index (χ2n) is 8.94. The molecular formula is C28H26FN3O3S. The zero-order valence-electron chi connectivity index (χ0n) is 20.2. The first-order chi connectivity index (χ1) is 17.4. The summed E-state index contributed by atoms with van der Waals surface area (Å²) in [7, 11) is 0. The van der Waals surface area contributed by atoms with Gasteiger partial charge in [-0.3, -0.25) is 14.2 Å². The molecule has 1 aromatic heterocycles. The van der Waals surface area contributed by atoms with Crippen LogP contribution in [0.1, 0.15) is 27.0 Å². The summed E-state index contributed by atoms with van der Waals surface area (Å²) < 4.78 is 20.7. The Bertz CT molecular complexity index is 1490. The van der Waals surface area contributed by atoms with Gasteiger partial charge in [0.05, 0.1) is 29.8 Å². The third-order valence-corrected chi connectivity index (χ3v) is 7.12. The smallest absolute Gasteiger partial charge is 0.266 e. The Morgan fingerprint density at radius 3 is 2.50 bits per heavy atom. The van der Waals surface area contributed by atoms with Gasteiger partial charge in [-0.1, -0.05) is 30.0 Å². The Kier molecular flexibility index (Phi) is 6.89. The molecule has 8 heteroatoms. The second-order valence-corrected chi connectivity index (χ2v) is 9.88. The number of thioether (sulfide) groups is 1. The number of fused-ring (bicyclic) bond motifs is 1. The highest BCUT2D eigenvalue weighted by Gasteiger charge is 2.21. The van der Waals surface area contributed by atoms with E-state index in [4.69, 9.17) is 9.72 Å². The first-order valence-corrected chi connectivity index (χ1v) is 12.8. The molecule has 36 heavy (non-hydrogen) atoms. The molecule has 0 spiro atoms. The van der Waals surface area contributed by atoms with Crippen molar-refractivity contribution in [2.24, 2.45) is 0 Å². The van der Waals surface area contributed by atoms with E-state index in [1.807, 2.05) is 38.1 Å². The lowest BCUT2D eigenvalue weighted by Crippen LogP contribution is -2.40. The van der Waals surface area contributed by atoms with E-state index in [1.165, 1.54) is 23.9 Å². The van der Waals surface area contributed by atoms with Gasteiger partial charge in [-0.05, 0) is 73.0 Å². The van der Waals surface area contributed by atoms with E-state index < -0.39 is 0 Å². The maximum atomic E-state index is 13.8. The van der Waals surface area contributed by atoms with Crippen molar-refractivity contribution in [2.45, 2.75) is 24.8 Å². The van der Waals surface area contributed by atoms with E-state index in [1.54, 1.807) is 33.7 Å². The summed E-state index contributed by atoms with van der Waals surface area (Å²) in [6.07, 6.45) is 0. The lowest BCUT2D eigenvalue weighted by molar-refractivity contribution is 0.0303. The number of benzene rings is 3. The molecule has 0 atom stereocenters. The monoisotopic (exact) mass is 503 g/mol. The van der Waals surface area contributed by atoms with Crippen LogP contribution in [-0.2, 0) is 10.5 Å². The van der Waals surface area contributed by atoms with Crippen molar-refractivity contribution in [1.82, 2.24) is 14.5 Å². The van der Waals surface area contributed by atoms with Gasteiger partial charge in [0.15, 0.2) is 5.16 Å². The fourth-order valence-corrected chi connectivity index (χ4v) is 5.38. The number of hydrogen-bond donors (Lipinski definition) is 0. The molecule has 0 radical (unpaired) electrons. The second kappa shape index (κ2) is 10.2. The van der Waals surface area contributed by atoms with E-state index in [2.05, 4.69) is 0 Å². The number of carbonyl (C=O) groups excluding carboxylic acids is 1. The number of amides is 1. The van der Waals surface area contributed by atoms with E-state index >= 15 is 0 Å². The van der Waals surface area contributed by atoms with E-state index in [9.17, 15) is 14.0 Å². The van der Waals surface area contributed by atoms with Crippen LogP contribution < -0.4 is 5.56 Å². The maximum Gasteiger partial charge on any atom is 0.266 e. The average molecular weight is 504 g/mol. The fourth-order valence-electron chi connectivity index (χ4n) is 4.43. The summed E-state index contributed by atoms with van der Waals surface area (Å²) in [6, 6.07) is 17.4. The largest absolute Gasteiger partial charge is 0.378 e. The molecule has 184 valence electrons. The van der Waals surface area contributed by atoms with Crippen molar-refractivity contribution in [3.8, 4) is 5.69 Å². The molecule has 1 saturated heterocycles. The average Bonchev–Trinajstić information content (AvgIpc) is 2.86. The first kappa shape index (κ1) is 24.2. The maximum absolute atomic E-state index is 13.8. The number of carbonyl (C=O) groups is 1. The molecule has 1 amide bonds. The molecule has 4 aromatic rings. The highest BCUT2D eigenvalue weighted by atomic mass is 32.2. The molecule has 0 N–H and O–H groups in total. The van der Waals surface area contributed by atoms with Crippen LogP contribution in [0.3, 0.4) is 0 Å². The fraction of sp³-hybridized carbons (Fsp3) is 0.250. The molecule has 0 bridgehead atoms. The Hall–Kier alpha value is -3.49. The molecule has 0 unspecified atom stereocenters. The predicted octanol–water partition coefficient (Wildman–Crippen LogP) is 4.91. The van der Waals surface area contributed by atoms with Crippen LogP contribution in [0, 0.1) is 19.7 Å². The quantitative estimate of drug-likeness (QED) is 0.286. The van der Waals surface area contributed by atoms with Gasteiger partial charge in [0.25, 0.3) is 11.5 Å². The summed E-state index contributed by atoms with van der Waals surface area (Å²) in [5.41, 5.74) is 4.31. The van der Waals surface area contributed by atoms with Gasteiger partial charge in [0.1, 0.15) is 5.82 Å². The molecule has 1 aliphatic heterocycles. The minimum Gasteiger partial charge on any atom is -0.378 e. The predicted molar refractivity (Wildman–Crippen MR) is 139 cm³/mol. The number of aromatic nitrogens is 2. The van der Waals surface area contributed by atoms with Gasteiger partial charge in [-0.25, -0.2) is 9.37 Å². The van der Waals surface area contributed by atoms with Crippen molar-refractivity contribution in [2.75, 3.05) is 26.3 Å². The van der Waals surface area contributed by atoms with Crippen LogP contribution in [0.25, 0.3) is 16.6 Å². The Labute approximate surface area is 212 Å². The molecular weight excluding hydrogens is 477 g/mol. The summed E-state index contributed by atoms with van der Waals surface area (Å²) in [4.78, 5) is 33.4. The van der Waals surface area contributed by atoms with E-state index in [0.717, 1.165) is 22.4 Å². The summed E-state index contributed by atoms with van der Waals surface area (Å²) in [5, 5.41) is 0.917. The third-order valence-electron chi connectivity index (χ3n) is 6.11. The van der Waals surface area contributed by atoms with Crippen molar-refractivity contribution in [3.05, 3.63) is 99.1 Å². The number of rotatable bonds is 5. The molecule has 0 aliphatic carbocycles. The van der Waals surface area contributed by atoms with Crippen molar-refractivity contribution in [1.29, 1.82) is 0 Å². The molecule has 1 fully saturated rings. The number of nitrogens with zero attached hydrogens (tertiary/aromatic N) is 3. The van der Waals surface area contributed by atoms with Gasteiger partial charge < -0.3 is 9.64 Å². The zero-order valence-corrected chi connectivity index (χ0v) is 21.0. The van der Waals surface area contributed by atoms with Crippen molar-refractivity contribution >= 4 is 28.6 Å². The molecule has 0 saturated carbocycles. The molecule has 1 aliphatic rings. The van der Waals surface area contributed by atoms with Crippen LogP contribution >= 0.6 is 11.8 Å². The SMILES string of the molecule is Cc1cc(C)cc(-n2c(SCc3cccc(F)c3)nc3cc(C(=O)N4CCOCC4)ccc3c2=O)c1. The van der Waals surface area contributed by atoms with Crippen LogP contribution in [-0.4, -0.2) is 46.7 Å². The Balaban J connectivity index is 1.61. The Morgan fingerprint density at radius 1 is 1.03 bits per heavy atom. The van der Waals surface area contributed by atoms with Gasteiger partial charge in [0, 0.05) is 24.4 Å². The topological polar surface area (TPSA) is 64.4 Å². The van der Waals surface area contributed by atoms with E-state index in [0.29, 0.717) is 53.7 Å². The van der Waals surface area contributed by atoms with Crippen LogP contribution in [0.2, 0.25) is 0 Å². The minimum absolute atomic E-state index is 0.102. The number of morpholine rings is 1. The number of ether oxygens (including phenoxy) is 1. The summed E-state index contributed by atoms with van der Waals surface area (Å²) >= 11 is 1.36. The third kappa shape index (κ3) is 5.05. The van der Waals surface area contributed by atoms with Crippen molar-refractivity contribution < 1.29 is 13.9 Å².